The van der Waals surface area contributed by atoms with Crippen LogP contribution in [0.15, 0.2) is 40.9 Å². The molecule has 0 radical (unpaired) electrons. The molecule has 1 nitrogen and oxygen atoms in total. The van der Waals surface area contributed by atoms with Crippen LogP contribution in [0.5, 0.6) is 0 Å². The molecular weight excluding hydrogens is 166 g/mol. The fraction of sp³-hybridized carbons (Fsp3) is 0.200. The van der Waals surface area contributed by atoms with Crippen molar-refractivity contribution >= 4 is 11.9 Å². The van der Waals surface area contributed by atoms with E-state index < -0.39 is 0 Å². The van der Waals surface area contributed by atoms with Gasteiger partial charge in [-0.1, -0.05) is 24.3 Å². The van der Waals surface area contributed by atoms with Crippen LogP contribution < -0.4 is 4.72 Å². The molecule has 0 atom stereocenters. The average molecular weight is 177 g/mol. The average Bonchev–Trinajstić information content (AvgIpc) is 2.17. The van der Waals surface area contributed by atoms with Gasteiger partial charge in [0, 0.05) is 17.0 Å². The smallest absolute Gasteiger partial charge is 0.0320 e. The largest absolute Gasteiger partial charge is 0.329 e. The van der Waals surface area contributed by atoms with Crippen molar-refractivity contribution in [1.82, 2.24) is 4.72 Å². The predicted octanol–water partition coefficient (Wildman–Crippen LogP) is 2.74. The molecule has 1 aliphatic heterocycles. The van der Waals surface area contributed by atoms with E-state index in [9.17, 15) is 0 Å². The van der Waals surface area contributed by atoms with Gasteiger partial charge >= 0.3 is 0 Å². The normalized spacial score (nSPS) is 18.6. The van der Waals surface area contributed by atoms with Crippen molar-refractivity contribution in [2.24, 2.45) is 0 Å². The van der Waals surface area contributed by atoms with Gasteiger partial charge in [0.25, 0.3) is 0 Å². The van der Waals surface area contributed by atoms with E-state index in [1.807, 2.05) is 0 Å². The number of hydrogen-bond donors (Lipinski definition) is 1. The van der Waals surface area contributed by atoms with Crippen LogP contribution in [-0.4, -0.2) is 0 Å². The third-order valence-corrected chi connectivity index (χ3v) is 2.98. The third kappa shape index (κ3) is 1.34. The van der Waals surface area contributed by atoms with Crippen molar-refractivity contribution in [1.29, 1.82) is 0 Å². The second kappa shape index (κ2) is 3.23. The summed E-state index contributed by atoms with van der Waals surface area (Å²) in [6, 6.07) is 8.51. The lowest BCUT2D eigenvalue weighted by Gasteiger charge is -2.18. The lowest BCUT2D eigenvalue weighted by molar-refractivity contribution is 0.984. The standard InChI is InChI=1S/C10H11NS/c1-2-9-7-8-5-3-4-6-10(8)12-11-9/h2-6,11H,7H2,1H3. The van der Waals surface area contributed by atoms with Crippen LogP contribution in [0.4, 0.5) is 0 Å². The van der Waals surface area contributed by atoms with Crippen molar-refractivity contribution in [2.75, 3.05) is 0 Å². The zero-order valence-corrected chi connectivity index (χ0v) is 7.82. The maximum absolute atomic E-state index is 3.30. The number of rotatable bonds is 0. The minimum Gasteiger partial charge on any atom is -0.329 e. The molecule has 0 bridgehead atoms. The van der Waals surface area contributed by atoms with Crippen LogP contribution in [0.25, 0.3) is 0 Å². The summed E-state index contributed by atoms with van der Waals surface area (Å²) in [5, 5.41) is 0. The molecule has 12 heavy (non-hydrogen) atoms. The first-order chi connectivity index (χ1) is 5.90. The molecule has 62 valence electrons. The van der Waals surface area contributed by atoms with Gasteiger partial charge in [-0.15, -0.1) is 0 Å². The van der Waals surface area contributed by atoms with E-state index in [4.69, 9.17) is 0 Å². The van der Waals surface area contributed by atoms with Crippen LogP contribution >= 0.6 is 11.9 Å². The highest BCUT2D eigenvalue weighted by atomic mass is 32.2. The quantitative estimate of drug-likeness (QED) is 0.611. The summed E-state index contributed by atoms with van der Waals surface area (Å²) in [4.78, 5) is 1.35. The summed E-state index contributed by atoms with van der Waals surface area (Å²) in [5.41, 5.74) is 2.73. The van der Waals surface area contributed by atoms with E-state index in [1.54, 1.807) is 11.9 Å². The van der Waals surface area contributed by atoms with Gasteiger partial charge in [0.1, 0.15) is 0 Å². The molecule has 0 aromatic heterocycles. The number of fused-ring (bicyclic) bond motifs is 1. The molecule has 1 aliphatic rings. The van der Waals surface area contributed by atoms with Crippen molar-refractivity contribution in [3.8, 4) is 0 Å². The maximum Gasteiger partial charge on any atom is 0.0320 e. The van der Waals surface area contributed by atoms with Gasteiger partial charge in [-0.25, -0.2) is 0 Å². The Hall–Kier alpha value is -0.890. The molecule has 0 spiro atoms. The van der Waals surface area contributed by atoms with Crippen LogP contribution in [0.1, 0.15) is 12.5 Å². The topological polar surface area (TPSA) is 12.0 Å². The molecule has 2 rings (SSSR count). The number of benzene rings is 1. The van der Waals surface area contributed by atoms with Crippen LogP contribution in [0.3, 0.4) is 0 Å². The Morgan fingerprint density at radius 2 is 2.25 bits per heavy atom. The van der Waals surface area contributed by atoms with Gasteiger partial charge < -0.3 is 4.72 Å². The lowest BCUT2D eigenvalue weighted by Crippen LogP contribution is -2.12. The second-order valence-corrected chi connectivity index (χ2v) is 3.65. The number of hydrogen-bond acceptors (Lipinski definition) is 2. The zero-order valence-electron chi connectivity index (χ0n) is 7.00. The molecule has 1 N–H and O–H groups in total. The highest BCUT2D eigenvalue weighted by Gasteiger charge is 2.10. The second-order valence-electron chi connectivity index (χ2n) is 2.80. The lowest BCUT2D eigenvalue weighted by atomic mass is 10.1. The Balaban J connectivity index is 2.35. The summed E-state index contributed by atoms with van der Waals surface area (Å²) in [6.07, 6.45) is 3.17. The number of allylic oxidation sites excluding steroid dienone is 2. The molecule has 0 fully saturated rings. The molecule has 1 heterocycles. The molecule has 1 aromatic rings. The molecule has 1 aromatic carbocycles. The number of nitrogens with one attached hydrogen (secondary N) is 1. The fourth-order valence-corrected chi connectivity index (χ4v) is 2.12. The first-order valence-corrected chi connectivity index (χ1v) is 4.88. The van der Waals surface area contributed by atoms with Gasteiger partial charge in [-0.3, -0.25) is 0 Å². The van der Waals surface area contributed by atoms with E-state index in [2.05, 4.69) is 42.0 Å². The predicted molar refractivity (Wildman–Crippen MR) is 52.9 cm³/mol. The summed E-state index contributed by atoms with van der Waals surface area (Å²) in [6.45, 7) is 2.07. The van der Waals surface area contributed by atoms with Gasteiger partial charge in [0.05, 0.1) is 0 Å². The van der Waals surface area contributed by atoms with Crippen LogP contribution in [-0.2, 0) is 6.42 Å². The summed E-state index contributed by atoms with van der Waals surface area (Å²) >= 11 is 1.70. The van der Waals surface area contributed by atoms with Gasteiger partial charge in [-0.2, -0.15) is 0 Å². The summed E-state index contributed by atoms with van der Waals surface area (Å²) in [7, 11) is 0. The monoisotopic (exact) mass is 177 g/mol. The fourth-order valence-electron chi connectivity index (χ4n) is 1.27. The molecule has 2 heteroatoms. The van der Waals surface area contributed by atoms with Crippen molar-refractivity contribution < 1.29 is 0 Å². The van der Waals surface area contributed by atoms with Crippen molar-refractivity contribution in [3.05, 3.63) is 41.6 Å². The maximum atomic E-state index is 3.30. The molecule has 0 aliphatic carbocycles. The van der Waals surface area contributed by atoms with Crippen LogP contribution in [0, 0.1) is 0 Å². The molecule has 0 saturated heterocycles. The van der Waals surface area contributed by atoms with Crippen LogP contribution in [0.2, 0.25) is 0 Å². The van der Waals surface area contributed by atoms with E-state index in [0.29, 0.717) is 0 Å². The Labute approximate surface area is 77.0 Å². The third-order valence-electron chi connectivity index (χ3n) is 1.99. The minimum absolute atomic E-state index is 1.04. The SMILES string of the molecule is CC=C1Cc2ccccc2SN1. The van der Waals surface area contributed by atoms with Crippen molar-refractivity contribution in [2.45, 2.75) is 18.2 Å². The minimum atomic E-state index is 1.04. The summed E-state index contributed by atoms with van der Waals surface area (Å²) in [5.74, 6) is 0. The van der Waals surface area contributed by atoms with Gasteiger partial charge in [-0.05, 0) is 30.5 Å². The van der Waals surface area contributed by atoms with E-state index in [-0.39, 0.29) is 0 Å². The first-order valence-electron chi connectivity index (χ1n) is 4.06. The Morgan fingerprint density at radius 3 is 3.08 bits per heavy atom. The molecule has 0 amide bonds. The van der Waals surface area contributed by atoms with E-state index in [0.717, 1.165) is 6.42 Å². The molecule has 0 unspecified atom stereocenters. The van der Waals surface area contributed by atoms with Gasteiger partial charge in [0.15, 0.2) is 0 Å². The highest BCUT2D eigenvalue weighted by Crippen LogP contribution is 2.27. The van der Waals surface area contributed by atoms with Crippen molar-refractivity contribution in [3.63, 3.8) is 0 Å². The summed E-state index contributed by atoms with van der Waals surface area (Å²) < 4.78 is 3.30. The Kier molecular flexibility index (Phi) is 2.09. The zero-order chi connectivity index (χ0) is 8.39. The Morgan fingerprint density at radius 1 is 1.42 bits per heavy atom. The Bertz CT molecular complexity index is 317. The highest BCUT2D eigenvalue weighted by molar-refractivity contribution is 7.97. The first kappa shape index (κ1) is 7.74. The molecule has 0 saturated carbocycles. The van der Waals surface area contributed by atoms with E-state index >= 15 is 0 Å². The van der Waals surface area contributed by atoms with E-state index in [1.165, 1.54) is 16.2 Å². The molecular formula is C10H11NS. The van der Waals surface area contributed by atoms with Gasteiger partial charge in [0.2, 0.25) is 0 Å².